The Balaban J connectivity index is 1.98. The van der Waals surface area contributed by atoms with Crippen LogP contribution < -0.4 is 0 Å². The number of hydrogen-bond acceptors (Lipinski definition) is 2. The SMILES string of the molecule is [CH2]/C=C1\COCc2cnn(Cc3ccc(Cl)cc3Cl)c21. The first-order chi connectivity index (χ1) is 9.69. The molecule has 103 valence electrons. The Morgan fingerprint density at radius 2 is 2.20 bits per heavy atom. The monoisotopic (exact) mass is 307 g/mol. The average Bonchev–Trinajstić information content (AvgIpc) is 2.85. The number of allylic oxidation sites excluding steroid dienone is 1. The summed E-state index contributed by atoms with van der Waals surface area (Å²) in [5.74, 6) is 0. The summed E-state index contributed by atoms with van der Waals surface area (Å²) in [6, 6.07) is 5.50. The second kappa shape index (κ2) is 5.60. The van der Waals surface area contributed by atoms with E-state index >= 15 is 0 Å². The molecule has 0 amide bonds. The van der Waals surface area contributed by atoms with Crippen molar-refractivity contribution in [2.24, 2.45) is 0 Å². The molecule has 0 saturated carbocycles. The Bertz CT molecular complexity index is 677. The van der Waals surface area contributed by atoms with Crippen LogP contribution in [0.3, 0.4) is 0 Å². The quantitative estimate of drug-likeness (QED) is 0.839. The lowest BCUT2D eigenvalue weighted by atomic mass is 10.1. The van der Waals surface area contributed by atoms with Gasteiger partial charge in [-0.3, -0.25) is 4.68 Å². The summed E-state index contributed by atoms with van der Waals surface area (Å²) in [5, 5.41) is 5.71. The van der Waals surface area contributed by atoms with Crippen LogP contribution >= 0.6 is 23.2 Å². The van der Waals surface area contributed by atoms with Gasteiger partial charge in [0.2, 0.25) is 0 Å². The molecule has 0 saturated heterocycles. The lowest BCUT2D eigenvalue weighted by Gasteiger charge is -2.18. The van der Waals surface area contributed by atoms with E-state index in [1.165, 1.54) is 0 Å². The maximum atomic E-state index is 6.22. The van der Waals surface area contributed by atoms with E-state index in [2.05, 4.69) is 12.0 Å². The molecule has 1 aromatic carbocycles. The van der Waals surface area contributed by atoms with Crippen LogP contribution in [0.5, 0.6) is 0 Å². The normalized spacial score (nSPS) is 16.4. The molecule has 20 heavy (non-hydrogen) atoms. The van der Waals surface area contributed by atoms with Gasteiger partial charge in [-0.1, -0.05) is 35.3 Å². The number of halogens is 2. The van der Waals surface area contributed by atoms with Gasteiger partial charge in [0.25, 0.3) is 0 Å². The molecule has 3 nitrogen and oxygen atoms in total. The number of nitrogens with zero attached hydrogens (tertiary/aromatic N) is 2. The van der Waals surface area contributed by atoms with Crippen molar-refractivity contribution < 1.29 is 4.74 Å². The van der Waals surface area contributed by atoms with Crippen molar-refractivity contribution in [2.45, 2.75) is 13.2 Å². The molecule has 1 aromatic heterocycles. The standard InChI is InChI=1S/C15H13Cl2N2O/c1-2-10-8-20-9-12-6-18-19(15(10)12)7-11-3-4-13(16)5-14(11)17/h2-6H,1,7-9H2/b10-2+. The molecular weight excluding hydrogens is 295 g/mol. The Kier molecular flexibility index (Phi) is 3.83. The largest absolute Gasteiger partial charge is 0.372 e. The summed E-state index contributed by atoms with van der Waals surface area (Å²) in [7, 11) is 0. The van der Waals surface area contributed by atoms with Gasteiger partial charge >= 0.3 is 0 Å². The molecule has 2 aromatic rings. The number of hydrogen-bond donors (Lipinski definition) is 0. The fourth-order valence-corrected chi connectivity index (χ4v) is 2.80. The minimum absolute atomic E-state index is 0.566. The second-order valence-electron chi connectivity index (χ2n) is 4.63. The molecule has 1 aliphatic heterocycles. The van der Waals surface area contributed by atoms with Gasteiger partial charge in [-0.25, -0.2) is 0 Å². The van der Waals surface area contributed by atoms with E-state index < -0.39 is 0 Å². The van der Waals surface area contributed by atoms with E-state index in [1.807, 2.05) is 29.1 Å². The summed E-state index contributed by atoms with van der Waals surface area (Å²) < 4.78 is 7.43. The Morgan fingerprint density at radius 3 is 2.95 bits per heavy atom. The smallest absolute Gasteiger partial charge is 0.0758 e. The van der Waals surface area contributed by atoms with Crippen molar-refractivity contribution >= 4 is 28.8 Å². The first-order valence-corrected chi connectivity index (χ1v) is 6.99. The Labute approximate surface area is 127 Å². The van der Waals surface area contributed by atoms with Gasteiger partial charge in [0, 0.05) is 15.6 Å². The molecule has 0 atom stereocenters. The zero-order chi connectivity index (χ0) is 14.1. The number of benzene rings is 1. The lowest BCUT2D eigenvalue weighted by Crippen LogP contribution is -2.14. The van der Waals surface area contributed by atoms with Crippen molar-refractivity contribution in [1.82, 2.24) is 9.78 Å². The van der Waals surface area contributed by atoms with Crippen LogP contribution in [0.2, 0.25) is 10.0 Å². The van der Waals surface area contributed by atoms with E-state index in [9.17, 15) is 0 Å². The van der Waals surface area contributed by atoms with Crippen LogP contribution in [-0.4, -0.2) is 16.4 Å². The van der Waals surface area contributed by atoms with E-state index in [0.717, 1.165) is 22.4 Å². The molecule has 2 heterocycles. The zero-order valence-corrected chi connectivity index (χ0v) is 12.3. The number of rotatable bonds is 2. The zero-order valence-electron chi connectivity index (χ0n) is 10.8. The minimum Gasteiger partial charge on any atom is -0.372 e. The van der Waals surface area contributed by atoms with Crippen LogP contribution in [0.25, 0.3) is 5.57 Å². The molecule has 3 rings (SSSR count). The number of ether oxygens (including phenoxy) is 1. The van der Waals surface area contributed by atoms with Crippen molar-refractivity contribution in [3.8, 4) is 0 Å². The van der Waals surface area contributed by atoms with Gasteiger partial charge < -0.3 is 4.74 Å². The molecule has 0 fully saturated rings. The highest BCUT2D eigenvalue weighted by atomic mass is 35.5. The topological polar surface area (TPSA) is 27.1 Å². The van der Waals surface area contributed by atoms with Gasteiger partial charge in [-0.15, -0.1) is 0 Å². The Hall–Kier alpha value is -1.29. The minimum atomic E-state index is 0.566. The number of fused-ring (bicyclic) bond motifs is 1. The predicted octanol–water partition coefficient (Wildman–Crippen LogP) is 3.99. The van der Waals surface area contributed by atoms with Crippen LogP contribution in [0.4, 0.5) is 0 Å². The Morgan fingerprint density at radius 1 is 1.35 bits per heavy atom. The predicted molar refractivity (Wildman–Crippen MR) is 80.8 cm³/mol. The van der Waals surface area contributed by atoms with Crippen LogP contribution in [0.15, 0.2) is 30.5 Å². The first-order valence-electron chi connectivity index (χ1n) is 6.24. The third-order valence-electron chi connectivity index (χ3n) is 3.32. The van der Waals surface area contributed by atoms with Gasteiger partial charge in [-0.05, 0) is 30.2 Å². The molecule has 0 bridgehead atoms. The van der Waals surface area contributed by atoms with Crippen molar-refractivity contribution in [3.63, 3.8) is 0 Å². The van der Waals surface area contributed by atoms with Crippen LogP contribution in [0, 0.1) is 6.92 Å². The van der Waals surface area contributed by atoms with Crippen LogP contribution in [-0.2, 0) is 17.9 Å². The molecule has 0 aliphatic carbocycles. The van der Waals surface area contributed by atoms with Gasteiger partial charge in [0.15, 0.2) is 0 Å². The maximum Gasteiger partial charge on any atom is 0.0758 e. The summed E-state index contributed by atoms with van der Waals surface area (Å²) in [6.07, 6.45) is 3.65. The van der Waals surface area contributed by atoms with Crippen LogP contribution in [0.1, 0.15) is 16.8 Å². The van der Waals surface area contributed by atoms with Crippen molar-refractivity contribution in [1.29, 1.82) is 0 Å². The lowest BCUT2D eigenvalue weighted by molar-refractivity contribution is 0.145. The molecule has 5 heteroatoms. The van der Waals surface area contributed by atoms with E-state index in [4.69, 9.17) is 27.9 Å². The fraction of sp³-hybridized carbons (Fsp3) is 0.200. The third-order valence-corrected chi connectivity index (χ3v) is 3.90. The summed E-state index contributed by atoms with van der Waals surface area (Å²) in [6.45, 7) is 5.59. The van der Waals surface area contributed by atoms with Gasteiger partial charge in [0.1, 0.15) is 0 Å². The molecule has 1 radical (unpaired) electrons. The molecule has 0 N–H and O–H groups in total. The van der Waals surface area contributed by atoms with Gasteiger partial charge in [0.05, 0.1) is 31.6 Å². The summed E-state index contributed by atoms with van der Waals surface area (Å²) in [5.41, 5.74) is 4.19. The number of aromatic nitrogens is 2. The molecule has 0 spiro atoms. The third kappa shape index (κ3) is 2.49. The average molecular weight is 308 g/mol. The van der Waals surface area contributed by atoms with Crippen molar-refractivity contribution in [3.05, 3.63) is 64.3 Å². The highest BCUT2D eigenvalue weighted by Crippen LogP contribution is 2.28. The second-order valence-corrected chi connectivity index (χ2v) is 5.48. The van der Waals surface area contributed by atoms with E-state index in [1.54, 1.807) is 6.07 Å². The molecule has 1 aliphatic rings. The fourth-order valence-electron chi connectivity index (χ4n) is 2.33. The first kappa shape index (κ1) is 13.7. The van der Waals surface area contributed by atoms with E-state index in [0.29, 0.717) is 29.8 Å². The highest BCUT2D eigenvalue weighted by Gasteiger charge is 2.20. The molecular formula is C15H13Cl2N2O. The maximum absolute atomic E-state index is 6.22. The summed E-state index contributed by atoms with van der Waals surface area (Å²) in [4.78, 5) is 0. The summed E-state index contributed by atoms with van der Waals surface area (Å²) >= 11 is 12.1. The van der Waals surface area contributed by atoms with E-state index in [-0.39, 0.29) is 0 Å². The highest BCUT2D eigenvalue weighted by molar-refractivity contribution is 6.35. The van der Waals surface area contributed by atoms with Crippen molar-refractivity contribution in [2.75, 3.05) is 6.61 Å². The van der Waals surface area contributed by atoms with Gasteiger partial charge in [-0.2, -0.15) is 5.10 Å². The molecule has 0 unspecified atom stereocenters.